The van der Waals surface area contributed by atoms with Gasteiger partial charge in [0.2, 0.25) is 11.3 Å². The van der Waals surface area contributed by atoms with Crippen LogP contribution in [0.25, 0.3) is 0 Å². The van der Waals surface area contributed by atoms with E-state index in [2.05, 4.69) is 15.2 Å². The largest absolute Gasteiger partial charge is 0.491 e. The highest BCUT2D eigenvalue weighted by Gasteiger charge is 2.40. The number of hydrogen-bond donors (Lipinski definition) is 1. The average Bonchev–Trinajstić information content (AvgIpc) is 2.97. The molecule has 1 aliphatic rings. The third-order valence-electron chi connectivity index (χ3n) is 3.62. The van der Waals surface area contributed by atoms with Crippen LogP contribution in [0.3, 0.4) is 0 Å². The molecule has 0 aliphatic carbocycles. The molecule has 0 saturated carbocycles. The maximum atomic E-state index is 12.8. The van der Waals surface area contributed by atoms with Gasteiger partial charge in [-0.05, 0) is 0 Å². The van der Waals surface area contributed by atoms with E-state index >= 15 is 0 Å². The molecule has 0 saturated heterocycles. The van der Waals surface area contributed by atoms with Crippen molar-refractivity contribution in [3.05, 3.63) is 39.8 Å². The summed E-state index contributed by atoms with van der Waals surface area (Å²) in [6, 6.07) is 1.08. The number of fused-ring (bicyclic) bond motifs is 1. The lowest BCUT2D eigenvalue weighted by Crippen LogP contribution is -2.40. The molecule has 0 atom stereocenters. The second-order valence-corrected chi connectivity index (χ2v) is 5.10. The summed E-state index contributed by atoms with van der Waals surface area (Å²) in [5.41, 5.74) is -0.455. The van der Waals surface area contributed by atoms with Crippen molar-refractivity contribution in [1.29, 1.82) is 0 Å². The molecule has 0 radical (unpaired) electrons. The van der Waals surface area contributed by atoms with Crippen molar-refractivity contribution in [2.24, 2.45) is 0 Å². The van der Waals surface area contributed by atoms with Crippen LogP contribution in [0.5, 0.6) is 5.75 Å². The predicted octanol–water partition coefficient (Wildman–Crippen LogP) is 0.650. The number of ether oxygens (including phenoxy) is 1. The third-order valence-corrected chi connectivity index (χ3v) is 3.62. The number of amides is 1. The van der Waals surface area contributed by atoms with Crippen LogP contribution in [0.2, 0.25) is 0 Å². The van der Waals surface area contributed by atoms with Crippen molar-refractivity contribution in [3.63, 3.8) is 0 Å². The van der Waals surface area contributed by atoms with Crippen LogP contribution in [0.15, 0.2) is 17.1 Å². The Morgan fingerprint density at radius 2 is 2.08 bits per heavy atom. The molecular weight excluding hydrogens is 331 g/mol. The number of methoxy groups -OCH3 is 1. The van der Waals surface area contributed by atoms with Gasteiger partial charge in [-0.3, -0.25) is 9.59 Å². The number of halogens is 3. The number of nitrogens with zero attached hydrogens (tertiary/aromatic N) is 4. The van der Waals surface area contributed by atoms with E-state index in [4.69, 9.17) is 4.74 Å². The molecule has 8 nitrogen and oxygen atoms in total. The van der Waals surface area contributed by atoms with Gasteiger partial charge in [-0.25, -0.2) is 0 Å². The molecule has 2 aromatic heterocycles. The lowest BCUT2D eigenvalue weighted by molar-refractivity contribution is -0.147. The summed E-state index contributed by atoms with van der Waals surface area (Å²) in [4.78, 5) is 28.0. The second kappa shape index (κ2) is 5.65. The molecule has 0 bridgehead atoms. The van der Waals surface area contributed by atoms with Crippen molar-refractivity contribution in [2.45, 2.75) is 19.3 Å². The Hall–Kier alpha value is -2.85. The molecule has 0 fully saturated rings. The van der Waals surface area contributed by atoms with E-state index < -0.39 is 23.3 Å². The Bertz CT molecular complexity index is 842. The maximum absolute atomic E-state index is 12.8. The molecule has 1 aliphatic heterocycles. The first kappa shape index (κ1) is 16.0. The smallest absolute Gasteiger partial charge is 0.451 e. The lowest BCUT2D eigenvalue weighted by Gasteiger charge is -2.27. The average molecular weight is 343 g/mol. The van der Waals surface area contributed by atoms with Gasteiger partial charge in [0.05, 0.1) is 13.7 Å². The van der Waals surface area contributed by atoms with E-state index in [0.29, 0.717) is 0 Å². The summed E-state index contributed by atoms with van der Waals surface area (Å²) < 4.78 is 44.1. The summed E-state index contributed by atoms with van der Waals surface area (Å²) >= 11 is 0. The molecule has 128 valence electrons. The number of alkyl halides is 3. The fourth-order valence-electron chi connectivity index (χ4n) is 2.45. The molecule has 1 amide bonds. The summed E-state index contributed by atoms with van der Waals surface area (Å²) in [5, 5.41) is 6.65. The Kier molecular flexibility index (Phi) is 3.78. The van der Waals surface area contributed by atoms with Crippen molar-refractivity contribution in [3.8, 4) is 5.75 Å². The van der Waals surface area contributed by atoms with Crippen molar-refractivity contribution < 1.29 is 22.7 Å². The summed E-state index contributed by atoms with van der Waals surface area (Å²) in [6.07, 6.45) is -3.34. The monoisotopic (exact) mass is 343 g/mol. The molecule has 2 aromatic rings. The highest BCUT2D eigenvalue weighted by molar-refractivity contribution is 5.92. The molecule has 0 spiro atoms. The number of carbonyl (C=O) groups is 1. The first-order valence-electron chi connectivity index (χ1n) is 6.86. The van der Waals surface area contributed by atoms with Crippen molar-refractivity contribution in [1.82, 2.24) is 24.6 Å². The van der Waals surface area contributed by atoms with Gasteiger partial charge in [-0.2, -0.15) is 13.2 Å². The van der Waals surface area contributed by atoms with Crippen LogP contribution in [-0.2, 0) is 19.3 Å². The Morgan fingerprint density at radius 3 is 2.71 bits per heavy atom. The number of hydrogen-bond acceptors (Lipinski definition) is 5. The maximum Gasteiger partial charge on any atom is 0.451 e. The van der Waals surface area contributed by atoms with Crippen molar-refractivity contribution >= 4 is 5.91 Å². The normalized spacial score (nSPS) is 14.4. The molecule has 11 heteroatoms. The van der Waals surface area contributed by atoms with Crippen LogP contribution < -0.4 is 10.2 Å². The molecule has 0 aromatic carbocycles. The summed E-state index contributed by atoms with van der Waals surface area (Å²) in [5.74, 6) is -1.50. The molecule has 0 unspecified atom stereocenters. The minimum atomic E-state index is -4.60. The van der Waals surface area contributed by atoms with Gasteiger partial charge in [0.1, 0.15) is 5.69 Å². The first-order valence-corrected chi connectivity index (χ1v) is 6.86. The molecular formula is C13H12F3N5O3. The van der Waals surface area contributed by atoms with Gasteiger partial charge in [0.15, 0.2) is 11.6 Å². The molecule has 1 N–H and O–H groups in total. The fraction of sp³-hybridized carbons (Fsp3) is 0.385. The van der Waals surface area contributed by atoms with Gasteiger partial charge in [-0.15, -0.1) is 10.2 Å². The van der Waals surface area contributed by atoms with Crippen LogP contribution in [0, 0.1) is 0 Å². The van der Waals surface area contributed by atoms with Gasteiger partial charge < -0.3 is 19.2 Å². The number of aromatic nitrogens is 4. The van der Waals surface area contributed by atoms with E-state index in [1.165, 1.54) is 18.2 Å². The highest BCUT2D eigenvalue weighted by Crippen LogP contribution is 2.29. The van der Waals surface area contributed by atoms with E-state index in [0.717, 1.165) is 10.6 Å². The van der Waals surface area contributed by atoms with Gasteiger partial charge in [0.25, 0.3) is 5.91 Å². The molecule has 3 rings (SSSR count). The van der Waals surface area contributed by atoms with Crippen LogP contribution in [-0.4, -0.2) is 44.2 Å². The molecule has 3 heterocycles. The topological polar surface area (TPSA) is 93.1 Å². The number of H-pyrrole nitrogens is 1. The van der Waals surface area contributed by atoms with Crippen LogP contribution in [0.1, 0.15) is 22.1 Å². The zero-order valence-electron chi connectivity index (χ0n) is 12.4. The van der Waals surface area contributed by atoms with Crippen molar-refractivity contribution in [2.75, 3.05) is 13.7 Å². The van der Waals surface area contributed by atoms with Gasteiger partial charge >= 0.3 is 6.18 Å². The van der Waals surface area contributed by atoms with Gasteiger partial charge in [-0.1, -0.05) is 0 Å². The molecule has 24 heavy (non-hydrogen) atoms. The Morgan fingerprint density at radius 1 is 1.33 bits per heavy atom. The zero-order chi connectivity index (χ0) is 17.5. The first-order chi connectivity index (χ1) is 11.3. The van der Waals surface area contributed by atoms with E-state index in [1.807, 2.05) is 0 Å². The number of pyridine rings is 1. The van der Waals surface area contributed by atoms with Crippen LogP contribution in [0.4, 0.5) is 13.2 Å². The minimum absolute atomic E-state index is 0.0183. The fourth-order valence-corrected chi connectivity index (χ4v) is 2.45. The second-order valence-electron chi connectivity index (χ2n) is 5.10. The van der Waals surface area contributed by atoms with E-state index in [1.54, 1.807) is 0 Å². The van der Waals surface area contributed by atoms with E-state index in [-0.39, 0.29) is 36.9 Å². The third kappa shape index (κ3) is 2.72. The highest BCUT2D eigenvalue weighted by atomic mass is 19.4. The number of carbonyl (C=O) groups excluding carboxylic acids is 1. The lowest BCUT2D eigenvalue weighted by atomic mass is 10.2. The van der Waals surface area contributed by atoms with Crippen LogP contribution >= 0.6 is 0 Å². The SMILES string of the molecule is COc1c[nH]c(C(=O)N2CCn3c(nnc3C(F)(F)F)C2)cc1=O. The standard InChI is InChI=1S/C13H12F3N5O3/c1-24-9-5-17-7(4-8(9)22)11(23)20-2-3-21-10(6-20)18-19-12(21)13(14,15)16/h4-5H,2-3,6H2,1H3,(H,17,22). The Labute approximate surface area is 132 Å². The zero-order valence-corrected chi connectivity index (χ0v) is 12.4. The minimum Gasteiger partial charge on any atom is -0.491 e. The number of rotatable bonds is 2. The quantitative estimate of drug-likeness (QED) is 0.864. The van der Waals surface area contributed by atoms with Gasteiger partial charge in [0, 0.05) is 25.4 Å². The summed E-state index contributed by atoms with van der Waals surface area (Å²) in [6.45, 7) is -0.166. The Balaban J connectivity index is 1.83. The van der Waals surface area contributed by atoms with E-state index in [9.17, 15) is 22.8 Å². The number of aromatic amines is 1. The number of nitrogens with one attached hydrogen (secondary N) is 1. The predicted molar refractivity (Wildman–Crippen MR) is 73.4 cm³/mol. The summed E-state index contributed by atoms with van der Waals surface area (Å²) in [7, 11) is 1.32.